The topological polar surface area (TPSA) is 71.8 Å². The summed E-state index contributed by atoms with van der Waals surface area (Å²) >= 11 is 0. The zero-order chi connectivity index (χ0) is 17.1. The molecule has 0 radical (unpaired) electrons. The summed E-state index contributed by atoms with van der Waals surface area (Å²) in [4.78, 5) is 25.8. The highest BCUT2D eigenvalue weighted by molar-refractivity contribution is 6.07. The van der Waals surface area contributed by atoms with E-state index in [1.165, 1.54) is 0 Å². The Morgan fingerprint density at radius 3 is 2.88 bits per heavy atom. The molecule has 1 atom stereocenters. The molecule has 128 valence electrons. The molecule has 1 aromatic carbocycles. The highest BCUT2D eigenvalue weighted by atomic mass is 16.5. The average molecular weight is 330 g/mol. The summed E-state index contributed by atoms with van der Waals surface area (Å²) in [5.41, 5.74) is 1.63. The van der Waals surface area contributed by atoms with Crippen LogP contribution >= 0.6 is 0 Å². The first-order valence-corrected chi connectivity index (χ1v) is 8.21. The first-order chi connectivity index (χ1) is 11.6. The molecule has 0 bridgehead atoms. The Hall–Kier alpha value is -2.34. The number of hydrogen-bond acceptors (Lipinski definition) is 3. The maximum Gasteiger partial charge on any atom is 0.305 e. The molecule has 0 spiro atoms. The number of carbonyl (C=O) groups is 2. The number of hydrogen-bond donors (Lipinski definition) is 1. The first kappa shape index (κ1) is 16.5. The number of nitrogens with zero attached hydrogens (tertiary/aromatic N) is 2. The summed E-state index contributed by atoms with van der Waals surface area (Å²) < 4.78 is 7.17. The van der Waals surface area contributed by atoms with Gasteiger partial charge in [-0.25, -0.2) is 0 Å². The van der Waals surface area contributed by atoms with Crippen LogP contribution in [0.25, 0.3) is 10.9 Å². The van der Waals surface area contributed by atoms with E-state index in [4.69, 9.17) is 9.84 Å². The molecule has 1 N–H and O–H groups in total. The number of likely N-dealkylation sites (tertiary alicyclic amines) is 1. The van der Waals surface area contributed by atoms with Gasteiger partial charge in [0.1, 0.15) is 0 Å². The fourth-order valence-corrected chi connectivity index (χ4v) is 3.46. The van der Waals surface area contributed by atoms with E-state index < -0.39 is 5.97 Å². The van der Waals surface area contributed by atoms with Gasteiger partial charge in [-0.15, -0.1) is 0 Å². The quantitative estimate of drug-likeness (QED) is 0.882. The van der Waals surface area contributed by atoms with Crippen LogP contribution in [0, 0.1) is 0 Å². The number of aliphatic carboxylic acids is 1. The molecule has 0 saturated carbocycles. The molecule has 24 heavy (non-hydrogen) atoms. The summed E-state index contributed by atoms with van der Waals surface area (Å²) in [6.07, 6.45) is 3.47. The lowest BCUT2D eigenvalue weighted by Gasteiger charge is -2.23. The minimum atomic E-state index is -0.859. The Morgan fingerprint density at radius 2 is 2.12 bits per heavy atom. The second-order valence-electron chi connectivity index (χ2n) is 6.14. The molecule has 6 nitrogen and oxygen atoms in total. The van der Waals surface area contributed by atoms with Gasteiger partial charge in [-0.3, -0.25) is 9.59 Å². The fourth-order valence-electron chi connectivity index (χ4n) is 3.46. The summed E-state index contributed by atoms with van der Waals surface area (Å²) in [5, 5.41) is 9.96. The number of amides is 1. The first-order valence-electron chi connectivity index (χ1n) is 8.21. The number of benzene rings is 1. The predicted octanol–water partition coefficient (Wildman–Crippen LogP) is 2.37. The molecule has 1 fully saturated rings. The van der Waals surface area contributed by atoms with Crippen molar-refractivity contribution in [2.75, 3.05) is 20.3 Å². The average Bonchev–Trinajstić information content (AvgIpc) is 3.16. The van der Waals surface area contributed by atoms with Gasteiger partial charge in [0.25, 0.3) is 5.91 Å². The van der Waals surface area contributed by atoms with Crippen molar-refractivity contribution in [3.05, 3.63) is 36.0 Å². The van der Waals surface area contributed by atoms with Crippen LogP contribution in [0.4, 0.5) is 0 Å². The van der Waals surface area contributed by atoms with Gasteiger partial charge in [-0.05, 0) is 18.9 Å². The number of carboxylic acids is 1. The van der Waals surface area contributed by atoms with E-state index in [1.54, 1.807) is 12.0 Å². The highest BCUT2D eigenvalue weighted by Crippen LogP contribution is 2.27. The lowest BCUT2D eigenvalue weighted by molar-refractivity contribution is -0.137. The van der Waals surface area contributed by atoms with Crippen molar-refractivity contribution in [2.45, 2.75) is 31.8 Å². The summed E-state index contributed by atoms with van der Waals surface area (Å²) in [7, 11) is 1.65. The molecule has 1 aliphatic heterocycles. The third-order valence-electron chi connectivity index (χ3n) is 4.60. The maximum absolute atomic E-state index is 13.0. The van der Waals surface area contributed by atoms with Gasteiger partial charge < -0.3 is 19.3 Å². The summed E-state index contributed by atoms with van der Waals surface area (Å²) in [6.45, 7) is 1.86. The van der Waals surface area contributed by atoms with Crippen LogP contribution in [0.5, 0.6) is 0 Å². The number of carboxylic acid groups (broad SMARTS) is 1. The van der Waals surface area contributed by atoms with E-state index in [0.29, 0.717) is 25.3 Å². The van der Waals surface area contributed by atoms with Crippen molar-refractivity contribution in [1.29, 1.82) is 0 Å². The molecule has 1 aliphatic rings. The van der Waals surface area contributed by atoms with E-state index in [9.17, 15) is 9.59 Å². The summed E-state index contributed by atoms with van der Waals surface area (Å²) in [6, 6.07) is 7.58. The Morgan fingerprint density at radius 1 is 1.33 bits per heavy atom. The number of rotatable bonds is 6. The van der Waals surface area contributed by atoms with Crippen molar-refractivity contribution in [3.8, 4) is 0 Å². The zero-order valence-electron chi connectivity index (χ0n) is 13.8. The molecule has 1 amide bonds. The molecule has 1 unspecified atom stereocenters. The lowest BCUT2D eigenvalue weighted by Crippen LogP contribution is -2.36. The van der Waals surface area contributed by atoms with Crippen LogP contribution < -0.4 is 0 Å². The van der Waals surface area contributed by atoms with Crippen LogP contribution in [-0.2, 0) is 16.1 Å². The number of fused-ring (bicyclic) bond motifs is 1. The minimum Gasteiger partial charge on any atom is -0.481 e. The molecule has 2 aromatic rings. The number of aromatic nitrogens is 1. The number of para-hydroxylation sites is 1. The number of methoxy groups -OCH3 is 1. The van der Waals surface area contributed by atoms with Gasteiger partial charge in [-0.1, -0.05) is 18.2 Å². The Kier molecular flexibility index (Phi) is 4.85. The molecule has 2 heterocycles. The van der Waals surface area contributed by atoms with Gasteiger partial charge in [0.05, 0.1) is 18.6 Å². The largest absolute Gasteiger partial charge is 0.481 e. The van der Waals surface area contributed by atoms with Gasteiger partial charge in [0.2, 0.25) is 0 Å². The SMILES string of the molecule is COCCn1cc(C(=O)N2CCCC2CC(=O)O)c2ccccc21. The van der Waals surface area contributed by atoms with E-state index in [0.717, 1.165) is 23.7 Å². The standard InChI is InChI=1S/C18H22N2O4/c1-24-10-9-19-12-15(14-6-2-3-7-16(14)19)18(23)20-8-4-5-13(20)11-17(21)22/h2-3,6-7,12-13H,4-5,8-11H2,1H3,(H,21,22). The van der Waals surface area contributed by atoms with E-state index >= 15 is 0 Å². The summed E-state index contributed by atoms with van der Waals surface area (Å²) in [5.74, 6) is -0.937. The van der Waals surface area contributed by atoms with Crippen LogP contribution in [0.2, 0.25) is 0 Å². The maximum atomic E-state index is 13.0. The second kappa shape index (κ2) is 7.05. The van der Waals surface area contributed by atoms with Gasteiger partial charge in [-0.2, -0.15) is 0 Å². The Balaban J connectivity index is 1.93. The Labute approximate surface area is 140 Å². The van der Waals surface area contributed by atoms with Crippen molar-refractivity contribution in [3.63, 3.8) is 0 Å². The van der Waals surface area contributed by atoms with Crippen LogP contribution in [0.3, 0.4) is 0 Å². The molecule has 3 rings (SSSR count). The smallest absolute Gasteiger partial charge is 0.305 e. The van der Waals surface area contributed by atoms with Crippen molar-refractivity contribution >= 4 is 22.8 Å². The molecule has 1 saturated heterocycles. The lowest BCUT2D eigenvalue weighted by atomic mass is 10.1. The molecular weight excluding hydrogens is 308 g/mol. The van der Waals surface area contributed by atoms with Gasteiger partial charge >= 0.3 is 5.97 Å². The highest BCUT2D eigenvalue weighted by Gasteiger charge is 2.32. The van der Waals surface area contributed by atoms with Crippen LogP contribution in [0.15, 0.2) is 30.5 Å². The van der Waals surface area contributed by atoms with Crippen LogP contribution in [0.1, 0.15) is 29.6 Å². The normalized spacial score (nSPS) is 17.5. The molecular formula is C18H22N2O4. The number of carbonyl (C=O) groups excluding carboxylic acids is 1. The zero-order valence-corrected chi connectivity index (χ0v) is 13.8. The van der Waals surface area contributed by atoms with E-state index in [-0.39, 0.29) is 18.4 Å². The monoisotopic (exact) mass is 330 g/mol. The molecule has 1 aromatic heterocycles. The van der Waals surface area contributed by atoms with Crippen molar-refractivity contribution in [2.24, 2.45) is 0 Å². The van der Waals surface area contributed by atoms with Crippen molar-refractivity contribution in [1.82, 2.24) is 9.47 Å². The van der Waals surface area contributed by atoms with Crippen molar-refractivity contribution < 1.29 is 19.4 Å². The number of ether oxygens (including phenoxy) is 1. The fraction of sp³-hybridized carbons (Fsp3) is 0.444. The van der Waals surface area contributed by atoms with Gasteiger partial charge in [0, 0.05) is 43.3 Å². The van der Waals surface area contributed by atoms with E-state index in [1.807, 2.05) is 35.0 Å². The Bertz CT molecular complexity index is 753. The molecule has 6 heteroatoms. The van der Waals surface area contributed by atoms with Crippen LogP contribution in [-0.4, -0.2) is 52.8 Å². The predicted molar refractivity (Wildman–Crippen MR) is 90.1 cm³/mol. The third kappa shape index (κ3) is 3.14. The molecule has 0 aliphatic carbocycles. The minimum absolute atomic E-state index is 0.00799. The third-order valence-corrected chi connectivity index (χ3v) is 4.60. The van der Waals surface area contributed by atoms with Gasteiger partial charge in [0.15, 0.2) is 0 Å². The van der Waals surface area contributed by atoms with E-state index in [2.05, 4.69) is 0 Å². The second-order valence-corrected chi connectivity index (χ2v) is 6.14.